The Labute approximate surface area is 160 Å². The molecule has 0 radical (unpaired) electrons. The monoisotopic (exact) mass is 393 g/mol. The minimum atomic E-state index is -3.11. The lowest BCUT2D eigenvalue weighted by molar-refractivity contribution is -0.126. The topological polar surface area (TPSA) is 47.4 Å². The van der Waals surface area contributed by atoms with Gasteiger partial charge in [-0.25, -0.2) is 9.37 Å². The Bertz CT molecular complexity index is 977. The molecule has 3 aliphatic rings. The molecule has 8 heteroatoms. The van der Waals surface area contributed by atoms with Crippen LogP contribution in [0.2, 0.25) is 0 Å². The highest BCUT2D eigenvalue weighted by atomic mass is 19.3. The molecule has 1 aromatic carbocycles. The molecule has 0 saturated heterocycles. The maximum Gasteiger partial charge on any atom is 0.387 e. The average molecular weight is 393 g/mol. The van der Waals surface area contributed by atoms with Crippen molar-refractivity contribution in [3.05, 3.63) is 17.9 Å². The highest BCUT2D eigenvalue weighted by Gasteiger charge is 2.59. The summed E-state index contributed by atoms with van der Waals surface area (Å²) in [5, 5.41) is 0. The predicted octanol–water partition coefficient (Wildman–Crippen LogP) is 4.79. The van der Waals surface area contributed by atoms with E-state index in [2.05, 4.69) is 23.6 Å². The van der Waals surface area contributed by atoms with Crippen molar-refractivity contribution < 1.29 is 22.7 Å². The number of rotatable bonds is 5. The largest absolute Gasteiger partial charge is 0.432 e. The molecule has 1 spiro atoms. The van der Waals surface area contributed by atoms with E-state index in [4.69, 9.17) is 0 Å². The van der Waals surface area contributed by atoms with E-state index in [1.165, 1.54) is 6.07 Å². The number of aromatic nitrogens is 2. The molecule has 150 valence electrons. The van der Waals surface area contributed by atoms with Crippen molar-refractivity contribution in [2.24, 2.45) is 11.3 Å². The smallest absolute Gasteiger partial charge is 0.387 e. The van der Waals surface area contributed by atoms with Gasteiger partial charge in [-0.15, -0.1) is 0 Å². The Hall–Kier alpha value is -2.25. The molecule has 5 rings (SSSR count). The van der Waals surface area contributed by atoms with Crippen molar-refractivity contribution >= 4 is 22.9 Å². The van der Waals surface area contributed by atoms with Crippen LogP contribution in [-0.4, -0.2) is 22.1 Å². The van der Waals surface area contributed by atoms with E-state index in [9.17, 15) is 18.0 Å². The second-order valence-corrected chi connectivity index (χ2v) is 8.90. The molecular formula is C20H22F3N3O2. The van der Waals surface area contributed by atoms with E-state index in [0.29, 0.717) is 29.3 Å². The van der Waals surface area contributed by atoms with Gasteiger partial charge in [0.25, 0.3) is 0 Å². The van der Waals surface area contributed by atoms with Crippen molar-refractivity contribution in [3.63, 3.8) is 0 Å². The van der Waals surface area contributed by atoms with Crippen molar-refractivity contribution in [2.75, 3.05) is 4.90 Å². The summed E-state index contributed by atoms with van der Waals surface area (Å²) in [4.78, 5) is 19.4. The van der Waals surface area contributed by atoms with E-state index in [1.807, 2.05) is 4.57 Å². The zero-order chi connectivity index (χ0) is 19.8. The molecule has 1 aromatic heterocycles. The summed E-state index contributed by atoms with van der Waals surface area (Å²) in [5.74, 6) is -0.304. The zero-order valence-electron chi connectivity index (χ0n) is 15.8. The average Bonchev–Trinajstić information content (AvgIpc) is 3.33. The molecule has 0 unspecified atom stereocenters. The molecule has 2 aromatic rings. The number of halogens is 3. The van der Waals surface area contributed by atoms with Crippen molar-refractivity contribution in [1.82, 2.24) is 9.55 Å². The minimum absolute atomic E-state index is 0.0314. The fourth-order valence-corrected chi connectivity index (χ4v) is 4.82. The quantitative estimate of drug-likeness (QED) is 0.734. The van der Waals surface area contributed by atoms with Gasteiger partial charge < -0.3 is 4.74 Å². The fourth-order valence-electron chi connectivity index (χ4n) is 4.82. The standard InChI is InChI=1S/C20H22F3N3O2/c1-19(2,11-4-5-11)10-16(27)26-18-24-13-8-12(21)15(28-17(22)23)9-14(13)25(18)20(26)6-3-7-20/h8-9,11,17H,3-7,10H2,1-2H3. The van der Waals surface area contributed by atoms with Crippen molar-refractivity contribution in [2.45, 2.75) is 64.6 Å². The molecule has 2 heterocycles. The van der Waals surface area contributed by atoms with Crippen LogP contribution in [0.4, 0.5) is 19.1 Å². The van der Waals surface area contributed by atoms with E-state index in [1.54, 1.807) is 4.90 Å². The maximum absolute atomic E-state index is 14.1. The van der Waals surface area contributed by atoms with Crippen LogP contribution in [0.3, 0.4) is 0 Å². The van der Waals surface area contributed by atoms with Gasteiger partial charge in [0.15, 0.2) is 11.6 Å². The van der Waals surface area contributed by atoms with Crippen LogP contribution in [0.15, 0.2) is 12.1 Å². The van der Waals surface area contributed by atoms with Gasteiger partial charge in [0.05, 0.1) is 11.0 Å². The van der Waals surface area contributed by atoms with Gasteiger partial charge in [-0.05, 0) is 43.4 Å². The lowest BCUT2D eigenvalue weighted by Crippen LogP contribution is -2.66. The first kappa shape index (κ1) is 17.8. The number of amides is 1. The number of benzene rings is 1. The van der Waals surface area contributed by atoms with E-state index in [0.717, 1.165) is 38.2 Å². The van der Waals surface area contributed by atoms with Crippen molar-refractivity contribution in [1.29, 1.82) is 0 Å². The summed E-state index contributed by atoms with van der Waals surface area (Å²) in [7, 11) is 0. The highest BCUT2D eigenvalue weighted by molar-refractivity contribution is 5.99. The number of hydrogen-bond acceptors (Lipinski definition) is 3. The summed E-state index contributed by atoms with van der Waals surface area (Å²) in [6.45, 7) is 1.15. The third-order valence-electron chi connectivity index (χ3n) is 6.63. The van der Waals surface area contributed by atoms with Crippen molar-refractivity contribution in [3.8, 4) is 5.75 Å². The van der Waals surface area contributed by atoms with E-state index in [-0.39, 0.29) is 11.3 Å². The number of carbonyl (C=O) groups excluding carboxylic acids is 1. The molecule has 1 amide bonds. The second kappa shape index (κ2) is 5.64. The second-order valence-electron chi connectivity index (χ2n) is 8.90. The van der Waals surface area contributed by atoms with Gasteiger partial charge in [-0.3, -0.25) is 14.3 Å². The maximum atomic E-state index is 14.1. The minimum Gasteiger partial charge on any atom is -0.432 e. The Balaban J connectivity index is 1.54. The highest BCUT2D eigenvalue weighted by Crippen LogP contribution is 2.56. The SMILES string of the molecule is CC(C)(CC(=O)N1c2nc3cc(F)c(OC(F)F)cc3n2C12CCC2)C1CC1. The molecule has 0 bridgehead atoms. The number of fused-ring (bicyclic) bond motifs is 4. The number of carbonyl (C=O) groups is 1. The van der Waals surface area contributed by atoms with Crippen LogP contribution >= 0.6 is 0 Å². The summed E-state index contributed by atoms with van der Waals surface area (Å²) in [5.41, 5.74) is 0.314. The number of nitrogens with zero attached hydrogens (tertiary/aromatic N) is 3. The fraction of sp³-hybridized carbons (Fsp3) is 0.600. The first-order chi connectivity index (χ1) is 13.2. The van der Waals surface area contributed by atoms with Crippen LogP contribution < -0.4 is 9.64 Å². The van der Waals surface area contributed by atoms with Gasteiger partial charge in [-0.1, -0.05) is 13.8 Å². The normalized spacial score (nSPS) is 20.3. The zero-order valence-corrected chi connectivity index (χ0v) is 15.8. The van der Waals surface area contributed by atoms with Gasteiger partial charge >= 0.3 is 6.61 Å². The Morgan fingerprint density at radius 2 is 2.07 bits per heavy atom. The van der Waals surface area contributed by atoms with E-state index < -0.39 is 23.8 Å². The summed E-state index contributed by atoms with van der Waals surface area (Å²) in [6.07, 6.45) is 5.30. The third kappa shape index (κ3) is 2.39. The number of hydrogen-bond donors (Lipinski definition) is 0. The first-order valence-electron chi connectivity index (χ1n) is 9.73. The van der Waals surface area contributed by atoms with Gasteiger partial charge in [0.2, 0.25) is 11.9 Å². The molecule has 0 N–H and O–H groups in total. The molecule has 0 atom stereocenters. The number of imidazole rings is 1. The van der Waals surface area contributed by atoms with Gasteiger partial charge in [0, 0.05) is 18.6 Å². The Kier molecular flexibility index (Phi) is 3.59. The Morgan fingerprint density at radius 3 is 2.64 bits per heavy atom. The Morgan fingerprint density at radius 1 is 1.36 bits per heavy atom. The summed E-state index contributed by atoms with van der Waals surface area (Å²) >= 11 is 0. The van der Waals surface area contributed by atoms with Crippen LogP contribution in [0, 0.1) is 17.2 Å². The third-order valence-corrected chi connectivity index (χ3v) is 6.63. The number of alkyl halides is 2. The van der Waals surface area contributed by atoms with Crippen LogP contribution in [-0.2, 0) is 10.5 Å². The van der Waals surface area contributed by atoms with Crippen LogP contribution in [0.5, 0.6) is 5.75 Å². The molecule has 5 nitrogen and oxygen atoms in total. The molecule has 1 aliphatic heterocycles. The molecule has 28 heavy (non-hydrogen) atoms. The lowest BCUT2D eigenvalue weighted by atomic mass is 9.78. The number of ether oxygens (including phenoxy) is 1. The predicted molar refractivity (Wildman–Crippen MR) is 96.8 cm³/mol. The molecule has 2 aliphatic carbocycles. The van der Waals surface area contributed by atoms with Crippen LogP contribution in [0.1, 0.15) is 52.4 Å². The van der Waals surface area contributed by atoms with E-state index >= 15 is 0 Å². The lowest BCUT2D eigenvalue weighted by Gasteiger charge is -2.58. The summed E-state index contributed by atoms with van der Waals surface area (Å²) in [6, 6.07) is 2.37. The first-order valence-corrected chi connectivity index (χ1v) is 9.73. The molecule has 2 saturated carbocycles. The van der Waals surface area contributed by atoms with Crippen LogP contribution in [0.25, 0.3) is 11.0 Å². The molecular weight excluding hydrogens is 371 g/mol. The molecule has 2 fully saturated rings. The van der Waals surface area contributed by atoms with Gasteiger partial charge in [0.1, 0.15) is 5.66 Å². The number of anilines is 1. The summed E-state index contributed by atoms with van der Waals surface area (Å²) < 4.78 is 45.5. The van der Waals surface area contributed by atoms with Gasteiger partial charge in [-0.2, -0.15) is 8.78 Å².